The molecule has 0 radical (unpaired) electrons. The van der Waals surface area contributed by atoms with Crippen LogP contribution in [0.1, 0.15) is 23.8 Å². The van der Waals surface area contributed by atoms with Crippen LogP contribution in [-0.2, 0) is 0 Å². The third-order valence-corrected chi connectivity index (χ3v) is 2.99. The van der Waals surface area contributed by atoms with Crippen LogP contribution in [0, 0.1) is 12.7 Å². The zero-order valence-corrected chi connectivity index (χ0v) is 12.7. The van der Waals surface area contributed by atoms with Crippen LogP contribution in [0.3, 0.4) is 0 Å². The van der Waals surface area contributed by atoms with Gasteiger partial charge in [0, 0.05) is 5.56 Å². The molecule has 1 unspecified atom stereocenters. The fourth-order valence-corrected chi connectivity index (χ4v) is 1.86. The minimum Gasteiger partial charge on any atom is -0.487 e. The van der Waals surface area contributed by atoms with Crippen LogP contribution in [0.5, 0.6) is 11.6 Å². The van der Waals surface area contributed by atoms with Crippen LogP contribution in [-0.4, -0.2) is 30.1 Å². The van der Waals surface area contributed by atoms with Gasteiger partial charge < -0.3 is 19.1 Å². The largest absolute Gasteiger partial charge is 0.487 e. The zero-order chi connectivity index (χ0) is 16.1. The Morgan fingerprint density at radius 2 is 2.18 bits per heavy atom. The molecule has 2 rings (SSSR count). The summed E-state index contributed by atoms with van der Waals surface area (Å²) in [6.07, 6.45) is 2.64. The fourth-order valence-electron chi connectivity index (χ4n) is 1.86. The molecule has 0 aliphatic carbocycles. The summed E-state index contributed by atoms with van der Waals surface area (Å²) in [5.74, 6) is 0.519. The molecular formula is C16H18FNO4. The number of halogens is 1. The summed E-state index contributed by atoms with van der Waals surface area (Å²) >= 11 is 0. The normalized spacial score (nSPS) is 12.6. The van der Waals surface area contributed by atoms with Crippen molar-refractivity contribution < 1.29 is 23.5 Å². The molecule has 6 heteroatoms. The van der Waals surface area contributed by atoms with Crippen molar-refractivity contribution >= 4 is 12.2 Å². The molecule has 0 aliphatic rings. The average Bonchev–Trinajstić information content (AvgIpc) is 2.84. The van der Waals surface area contributed by atoms with Crippen LogP contribution in [0.2, 0.25) is 0 Å². The van der Waals surface area contributed by atoms with Crippen molar-refractivity contribution in [3.63, 3.8) is 0 Å². The summed E-state index contributed by atoms with van der Waals surface area (Å²) in [7, 11) is 1.51. The molecule has 0 saturated heterocycles. The topological polar surface area (TPSA) is 64.7 Å². The Kier molecular flexibility index (Phi) is 5.16. The third-order valence-electron chi connectivity index (χ3n) is 2.99. The Morgan fingerprint density at radius 1 is 1.41 bits per heavy atom. The van der Waals surface area contributed by atoms with E-state index in [9.17, 15) is 9.50 Å². The van der Waals surface area contributed by atoms with E-state index in [1.807, 2.05) is 6.92 Å². The molecule has 1 aromatic heterocycles. The van der Waals surface area contributed by atoms with Crippen molar-refractivity contribution in [1.29, 1.82) is 0 Å². The summed E-state index contributed by atoms with van der Waals surface area (Å²) < 4.78 is 29.4. The highest BCUT2D eigenvalue weighted by Gasteiger charge is 2.12. The Morgan fingerprint density at radius 3 is 2.82 bits per heavy atom. The monoisotopic (exact) mass is 307 g/mol. The van der Waals surface area contributed by atoms with Crippen molar-refractivity contribution in [1.82, 2.24) is 5.16 Å². The van der Waals surface area contributed by atoms with Gasteiger partial charge in [-0.3, -0.25) is 0 Å². The van der Waals surface area contributed by atoms with E-state index in [-0.39, 0.29) is 12.4 Å². The van der Waals surface area contributed by atoms with Gasteiger partial charge in [0.25, 0.3) is 5.88 Å². The summed E-state index contributed by atoms with van der Waals surface area (Å²) in [5.41, 5.74) is 1.29. The molecule has 0 bridgehead atoms. The number of methoxy groups -OCH3 is 1. The molecule has 1 heterocycles. The van der Waals surface area contributed by atoms with Gasteiger partial charge in [-0.05, 0) is 37.2 Å². The van der Waals surface area contributed by atoms with Gasteiger partial charge in [-0.25, -0.2) is 4.39 Å². The van der Waals surface area contributed by atoms with E-state index in [1.165, 1.54) is 13.2 Å². The van der Waals surface area contributed by atoms with Crippen molar-refractivity contribution in [2.75, 3.05) is 13.7 Å². The molecule has 0 aliphatic heterocycles. The molecule has 0 fully saturated rings. The lowest BCUT2D eigenvalue weighted by Crippen LogP contribution is -2.14. The molecular weight excluding hydrogens is 289 g/mol. The molecule has 0 amide bonds. The first-order chi connectivity index (χ1) is 10.5. The Hall–Kier alpha value is -2.34. The number of hydrogen-bond donors (Lipinski definition) is 1. The number of aliphatic hydroxyl groups is 1. The predicted molar refractivity (Wildman–Crippen MR) is 80.3 cm³/mol. The second-order valence-electron chi connectivity index (χ2n) is 4.83. The maximum absolute atomic E-state index is 13.9. The van der Waals surface area contributed by atoms with Gasteiger partial charge in [-0.15, -0.1) is 0 Å². The SMILES string of the molecule is COc1noc(C=Cc2cccc(F)c2OCC(C)O)c1C. The molecule has 22 heavy (non-hydrogen) atoms. The van der Waals surface area contributed by atoms with Crippen LogP contribution < -0.4 is 9.47 Å². The van der Waals surface area contributed by atoms with Gasteiger partial charge in [0.15, 0.2) is 17.3 Å². The number of aromatic nitrogens is 1. The smallest absolute Gasteiger partial charge is 0.257 e. The zero-order valence-electron chi connectivity index (χ0n) is 12.7. The summed E-state index contributed by atoms with van der Waals surface area (Å²) in [5, 5.41) is 13.0. The lowest BCUT2D eigenvalue weighted by molar-refractivity contribution is 0.120. The van der Waals surface area contributed by atoms with Crippen LogP contribution >= 0.6 is 0 Å². The van der Waals surface area contributed by atoms with E-state index >= 15 is 0 Å². The van der Waals surface area contributed by atoms with Crippen LogP contribution in [0.25, 0.3) is 12.2 Å². The molecule has 5 nitrogen and oxygen atoms in total. The quantitative estimate of drug-likeness (QED) is 0.888. The predicted octanol–water partition coefficient (Wildman–Crippen LogP) is 3.06. The first-order valence-electron chi connectivity index (χ1n) is 6.80. The minimum absolute atomic E-state index is 0.0108. The van der Waals surface area contributed by atoms with Gasteiger partial charge in [-0.2, -0.15) is 0 Å². The molecule has 1 aromatic carbocycles. The fraction of sp³-hybridized carbons (Fsp3) is 0.312. The number of aliphatic hydroxyl groups excluding tert-OH is 1. The first kappa shape index (κ1) is 16.0. The van der Waals surface area contributed by atoms with Crippen molar-refractivity contribution in [3.8, 4) is 11.6 Å². The van der Waals surface area contributed by atoms with Gasteiger partial charge in [0.2, 0.25) is 0 Å². The van der Waals surface area contributed by atoms with E-state index in [4.69, 9.17) is 14.0 Å². The summed E-state index contributed by atoms with van der Waals surface area (Å²) in [6, 6.07) is 4.59. The van der Waals surface area contributed by atoms with Crippen LogP contribution in [0.4, 0.5) is 4.39 Å². The summed E-state index contributed by atoms with van der Waals surface area (Å²) in [6.45, 7) is 3.39. The lowest BCUT2D eigenvalue weighted by Gasteiger charge is -2.11. The van der Waals surface area contributed by atoms with E-state index in [0.717, 1.165) is 5.56 Å². The van der Waals surface area contributed by atoms with E-state index in [1.54, 1.807) is 31.2 Å². The summed E-state index contributed by atoms with van der Waals surface area (Å²) in [4.78, 5) is 0. The first-order valence-corrected chi connectivity index (χ1v) is 6.80. The maximum Gasteiger partial charge on any atom is 0.257 e. The number of nitrogens with zero attached hydrogens (tertiary/aromatic N) is 1. The third kappa shape index (κ3) is 3.65. The maximum atomic E-state index is 13.9. The highest BCUT2D eigenvalue weighted by Crippen LogP contribution is 2.27. The van der Waals surface area contributed by atoms with Gasteiger partial charge in [0.05, 0.1) is 18.8 Å². The molecule has 2 aromatic rings. The van der Waals surface area contributed by atoms with Gasteiger partial charge in [0.1, 0.15) is 6.61 Å². The van der Waals surface area contributed by atoms with Crippen molar-refractivity contribution in [2.24, 2.45) is 0 Å². The molecule has 0 saturated carbocycles. The molecule has 0 spiro atoms. The standard InChI is InChI=1S/C16H18FNO4/c1-10(19)9-21-15-12(5-4-6-13(15)17)7-8-14-11(2)16(20-3)18-22-14/h4-8,10,19H,9H2,1-3H3. The van der Waals surface area contributed by atoms with Crippen molar-refractivity contribution in [2.45, 2.75) is 20.0 Å². The number of benzene rings is 1. The average molecular weight is 307 g/mol. The highest BCUT2D eigenvalue weighted by molar-refractivity contribution is 5.72. The number of ether oxygens (including phenoxy) is 2. The van der Waals surface area contributed by atoms with Gasteiger partial charge in [-0.1, -0.05) is 12.1 Å². The Balaban J connectivity index is 2.26. The Labute approximate surface area is 128 Å². The number of hydrogen-bond acceptors (Lipinski definition) is 5. The molecule has 118 valence electrons. The van der Waals surface area contributed by atoms with Gasteiger partial charge >= 0.3 is 0 Å². The second-order valence-corrected chi connectivity index (χ2v) is 4.83. The molecule has 1 atom stereocenters. The second kappa shape index (κ2) is 7.09. The Bertz CT molecular complexity index is 664. The molecule has 1 N–H and O–H groups in total. The minimum atomic E-state index is -0.683. The van der Waals surface area contributed by atoms with E-state index in [0.29, 0.717) is 17.2 Å². The highest BCUT2D eigenvalue weighted by atomic mass is 19.1. The van der Waals surface area contributed by atoms with E-state index in [2.05, 4.69) is 5.16 Å². The number of rotatable bonds is 6. The van der Waals surface area contributed by atoms with E-state index < -0.39 is 11.9 Å². The lowest BCUT2D eigenvalue weighted by atomic mass is 10.1. The van der Waals surface area contributed by atoms with Crippen molar-refractivity contribution in [3.05, 3.63) is 40.9 Å². The van der Waals surface area contributed by atoms with Crippen LogP contribution in [0.15, 0.2) is 22.7 Å². The number of para-hydroxylation sites is 1.